The highest BCUT2D eigenvalue weighted by molar-refractivity contribution is 7.98. The highest BCUT2D eigenvalue weighted by atomic mass is 32.2. The molecule has 1 aromatic heterocycles. The van der Waals surface area contributed by atoms with Crippen molar-refractivity contribution in [3.8, 4) is 11.5 Å². The molecule has 3 aromatic carbocycles. The maximum absolute atomic E-state index is 13.6. The Morgan fingerprint density at radius 2 is 1.84 bits per heavy atom. The van der Waals surface area contributed by atoms with E-state index in [0.29, 0.717) is 46.5 Å². The third-order valence-corrected chi connectivity index (χ3v) is 6.08. The lowest BCUT2D eigenvalue weighted by atomic mass is 10.2. The normalized spacial score (nSPS) is 15.2. The molecule has 0 aliphatic carbocycles. The zero-order valence-electron chi connectivity index (χ0n) is 16.5. The van der Waals surface area contributed by atoms with Gasteiger partial charge >= 0.3 is 0 Å². The zero-order chi connectivity index (χ0) is 21.2. The molecule has 0 bridgehead atoms. The molecule has 156 valence electrons. The number of aromatic nitrogens is 2. The molecule has 5 nitrogen and oxygen atoms in total. The first kappa shape index (κ1) is 19.6. The minimum Gasteiger partial charge on any atom is -0.486 e. The average Bonchev–Trinajstić information content (AvgIpc) is 2.80. The molecule has 0 saturated carbocycles. The van der Waals surface area contributed by atoms with Crippen LogP contribution in [0.3, 0.4) is 0 Å². The van der Waals surface area contributed by atoms with E-state index in [0.717, 1.165) is 5.56 Å². The summed E-state index contributed by atoms with van der Waals surface area (Å²) in [5.74, 6) is 1.57. The van der Waals surface area contributed by atoms with E-state index in [-0.39, 0.29) is 17.5 Å². The third-order valence-electron chi connectivity index (χ3n) is 5.04. The van der Waals surface area contributed by atoms with Crippen molar-refractivity contribution in [2.24, 2.45) is 0 Å². The van der Waals surface area contributed by atoms with E-state index in [9.17, 15) is 9.18 Å². The van der Waals surface area contributed by atoms with Gasteiger partial charge in [-0.25, -0.2) is 9.37 Å². The van der Waals surface area contributed by atoms with Crippen molar-refractivity contribution in [1.29, 1.82) is 0 Å². The van der Waals surface area contributed by atoms with Crippen molar-refractivity contribution < 1.29 is 13.9 Å². The van der Waals surface area contributed by atoms with E-state index in [2.05, 4.69) is 0 Å². The fourth-order valence-electron chi connectivity index (χ4n) is 3.55. The lowest BCUT2D eigenvalue weighted by molar-refractivity contribution is 0.0757. The summed E-state index contributed by atoms with van der Waals surface area (Å²) in [7, 11) is 0. The number of nitrogens with zero attached hydrogens (tertiary/aromatic N) is 2. The van der Waals surface area contributed by atoms with Gasteiger partial charge < -0.3 is 9.47 Å². The number of benzene rings is 3. The van der Waals surface area contributed by atoms with E-state index in [4.69, 9.17) is 14.5 Å². The van der Waals surface area contributed by atoms with Gasteiger partial charge in [0.25, 0.3) is 5.56 Å². The maximum Gasteiger partial charge on any atom is 0.262 e. The van der Waals surface area contributed by atoms with E-state index in [1.165, 1.54) is 23.9 Å². The van der Waals surface area contributed by atoms with Crippen molar-refractivity contribution in [3.05, 3.63) is 94.5 Å². The number of hydrogen-bond donors (Lipinski definition) is 0. The molecule has 0 spiro atoms. The zero-order valence-corrected chi connectivity index (χ0v) is 17.3. The lowest BCUT2D eigenvalue weighted by Crippen LogP contribution is -2.37. The molecule has 0 saturated heterocycles. The average molecular weight is 434 g/mol. The number of halogens is 1. The van der Waals surface area contributed by atoms with Crippen molar-refractivity contribution in [2.45, 2.75) is 23.6 Å². The minimum atomic E-state index is -0.330. The Labute approximate surface area is 182 Å². The molecule has 4 aromatic rings. The van der Waals surface area contributed by atoms with Crippen LogP contribution in [-0.4, -0.2) is 22.3 Å². The number of hydrogen-bond acceptors (Lipinski definition) is 5. The Kier molecular flexibility index (Phi) is 5.34. The van der Waals surface area contributed by atoms with Crippen molar-refractivity contribution in [2.75, 3.05) is 6.61 Å². The van der Waals surface area contributed by atoms with Crippen LogP contribution in [0.25, 0.3) is 10.9 Å². The van der Waals surface area contributed by atoms with Gasteiger partial charge in [-0.2, -0.15) is 0 Å². The number of ether oxygens (including phenoxy) is 2. The summed E-state index contributed by atoms with van der Waals surface area (Å²) in [5, 5.41) is 1.12. The van der Waals surface area contributed by atoms with Crippen LogP contribution in [0.4, 0.5) is 4.39 Å². The predicted molar refractivity (Wildman–Crippen MR) is 118 cm³/mol. The Morgan fingerprint density at radius 1 is 1.03 bits per heavy atom. The van der Waals surface area contributed by atoms with Gasteiger partial charge in [-0.1, -0.05) is 48.2 Å². The monoisotopic (exact) mass is 434 g/mol. The van der Waals surface area contributed by atoms with Crippen molar-refractivity contribution >= 4 is 22.7 Å². The van der Waals surface area contributed by atoms with Gasteiger partial charge in [0.05, 0.1) is 17.4 Å². The summed E-state index contributed by atoms with van der Waals surface area (Å²) >= 11 is 1.40. The van der Waals surface area contributed by atoms with Gasteiger partial charge in [-0.3, -0.25) is 9.36 Å². The van der Waals surface area contributed by atoms with Gasteiger partial charge in [0.2, 0.25) is 0 Å². The second kappa shape index (κ2) is 8.43. The van der Waals surface area contributed by atoms with Gasteiger partial charge in [-0.05, 0) is 42.0 Å². The topological polar surface area (TPSA) is 53.4 Å². The first-order valence-electron chi connectivity index (χ1n) is 9.93. The summed E-state index contributed by atoms with van der Waals surface area (Å²) in [4.78, 5) is 18.0. The van der Waals surface area contributed by atoms with E-state index >= 15 is 0 Å². The summed E-state index contributed by atoms with van der Waals surface area (Å²) in [6.07, 6.45) is -0.330. The van der Waals surface area contributed by atoms with Crippen LogP contribution in [0.1, 0.15) is 5.56 Å². The molecule has 0 N–H and O–H groups in total. The molecule has 7 heteroatoms. The Hall–Kier alpha value is -3.32. The third kappa shape index (κ3) is 4.14. The molecule has 0 amide bonds. The van der Waals surface area contributed by atoms with E-state index in [1.807, 2.05) is 48.5 Å². The van der Waals surface area contributed by atoms with Crippen LogP contribution in [0.5, 0.6) is 11.5 Å². The highest BCUT2D eigenvalue weighted by Crippen LogP contribution is 2.31. The summed E-state index contributed by atoms with van der Waals surface area (Å²) in [6, 6.07) is 21.2. The molecular formula is C24H19FN2O3S. The molecule has 0 fully saturated rings. The van der Waals surface area contributed by atoms with Gasteiger partial charge in [0, 0.05) is 5.75 Å². The Balaban J connectivity index is 1.47. The molecule has 1 aliphatic rings. The van der Waals surface area contributed by atoms with Crippen LogP contribution in [-0.2, 0) is 12.3 Å². The number of fused-ring (bicyclic) bond motifs is 2. The fourth-order valence-corrected chi connectivity index (χ4v) is 4.50. The molecule has 31 heavy (non-hydrogen) atoms. The second-order valence-corrected chi connectivity index (χ2v) is 8.19. The summed E-state index contributed by atoms with van der Waals surface area (Å²) < 4.78 is 27.1. The van der Waals surface area contributed by atoms with Crippen molar-refractivity contribution in [1.82, 2.24) is 9.55 Å². The van der Waals surface area contributed by atoms with E-state index < -0.39 is 0 Å². The Morgan fingerprint density at radius 3 is 2.71 bits per heavy atom. The lowest BCUT2D eigenvalue weighted by Gasteiger charge is -2.27. The quantitative estimate of drug-likeness (QED) is 0.338. The first-order chi connectivity index (χ1) is 15.2. The standard InChI is InChI=1S/C24H19FN2O3S/c25-17-7-5-6-16(12-17)15-31-24-26-20-9-2-1-8-19(20)23(28)27(24)13-18-14-29-21-10-3-4-11-22(21)30-18/h1-12,18H,13-15H2/t18-/m0/s1. The smallest absolute Gasteiger partial charge is 0.262 e. The molecule has 1 aliphatic heterocycles. The van der Waals surface area contributed by atoms with E-state index in [1.54, 1.807) is 16.7 Å². The van der Waals surface area contributed by atoms with Crippen LogP contribution in [0.2, 0.25) is 0 Å². The first-order valence-corrected chi connectivity index (χ1v) is 10.9. The number of thioether (sulfide) groups is 1. The maximum atomic E-state index is 13.6. The molecular weight excluding hydrogens is 415 g/mol. The molecule has 5 rings (SSSR count). The van der Waals surface area contributed by atoms with Crippen molar-refractivity contribution in [3.63, 3.8) is 0 Å². The number of rotatable bonds is 5. The summed E-state index contributed by atoms with van der Waals surface area (Å²) in [5.41, 5.74) is 1.33. The van der Waals surface area contributed by atoms with Crippen LogP contribution in [0.15, 0.2) is 82.7 Å². The largest absolute Gasteiger partial charge is 0.486 e. The predicted octanol–water partition coefficient (Wildman–Crippen LogP) is 4.67. The molecule has 1 atom stereocenters. The number of para-hydroxylation sites is 3. The second-order valence-electron chi connectivity index (χ2n) is 7.24. The highest BCUT2D eigenvalue weighted by Gasteiger charge is 2.23. The fraction of sp³-hybridized carbons (Fsp3) is 0.167. The van der Waals surface area contributed by atoms with Crippen LogP contribution in [0, 0.1) is 5.82 Å². The van der Waals surface area contributed by atoms with Gasteiger partial charge in [0.1, 0.15) is 12.4 Å². The van der Waals surface area contributed by atoms with Gasteiger partial charge in [-0.15, -0.1) is 0 Å². The van der Waals surface area contributed by atoms with Gasteiger partial charge in [0.15, 0.2) is 22.8 Å². The SMILES string of the molecule is O=c1c2ccccc2nc(SCc2cccc(F)c2)n1C[C@H]1COc2ccccc2O1. The van der Waals surface area contributed by atoms with Crippen LogP contribution >= 0.6 is 11.8 Å². The summed E-state index contributed by atoms with van der Waals surface area (Å²) in [6.45, 7) is 0.640. The Bertz CT molecular complexity index is 1310. The minimum absolute atomic E-state index is 0.130. The van der Waals surface area contributed by atoms with Crippen LogP contribution < -0.4 is 15.0 Å². The molecule has 0 unspecified atom stereocenters. The molecule has 0 radical (unpaired) electrons. The molecule has 2 heterocycles.